The molecular formula is C9H19N3. The molecule has 0 heterocycles. The average molecular weight is 169 g/mol. The Morgan fingerprint density at radius 1 is 1.50 bits per heavy atom. The Labute approximate surface area is 75.4 Å². The van der Waals surface area contributed by atoms with Crippen LogP contribution < -0.4 is 5.32 Å². The van der Waals surface area contributed by atoms with Crippen molar-refractivity contribution in [2.75, 3.05) is 27.2 Å². The van der Waals surface area contributed by atoms with E-state index >= 15 is 0 Å². The maximum absolute atomic E-state index is 8.29. The number of unbranched alkanes of at least 4 members (excludes halogenated alkanes) is 1. The molecular weight excluding hydrogens is 150 g/mol. The first-order chi connectivity index (χ1) is 5.66. The third-order valence-corrected chi connectivity index (χ3v) is 1.60. The zero-order valence-corrected chi connectivity index (χ0v) is 8.30. The van der Waals surface area contributed by atoms with E-state index in [1.165, 1.54) is 0 Å². The molecule has 0 saturated carbocycles. The van der Waals surface area contributed by atoms with Crippen molar-refractivity contribution in [3.8, 4) is 6.07 Å². The van der Waals surface area contributed by atoms with Gasteiger partial charge >= 0.3 is 0 Å². The molecule has 3 heteroatoms. The molecule has 0 aliphatic rings. The van der Waals surface area contributed by atoms with Crippen LogP contribution in [0.15, 0.2) is 0 Å². The third kappa shape index (κ3) is 7.52. The summed E-state index contributed by atoms with van der Waals surface area (Å²) in [5, 5.41) is 11.6. The normalized spacial score (nSPS) is 12.9. The minimum absolute atomic E-state index is 0.513. The second-order valence-corrected chi connectivity index (χ2v) is 3.38. The summed E-state index contributed by atoms with van der Waals surface area (Å²) in [6, 6.07) is 2.64. The van der Waals surface area contributed by atoms with E-state index in [1.54, 1.807) is 0 Å². The summed E-state index contributed by atoms with van der Waals surface area (Å²) >= 11 is 0. The first-order valence-electron chi connectivity index (χ1n) is 4.42. The van der Waals surface area contributed by atoms with Gasteiger partial charge in [-0.05, 0) is 34.0 Å². The molecule has 0 bridgehead atoms. The minimum atomic E-state index is 0.513. The van der Waals surface area contributed by atoms with E-state index in [4.69, 9.17) is 5.26 Å². The van der Waals surface area contributed by atoms with Crippen LogP contribution in [0.3, 0.4) is 0 Å². The van der Waals surface area contributed by atoms with Crippen molar-refractivity contribution in [2.24, 2.45) is 0 Å². The SMILES string of the molecule is CC(CN(C)C)NCCCC#N. The summed E-state index contributed by atoms with van der Waals surface area (Å²) in [5.74, 6) is 0. The summed E-state index contributed by atoms with van der Waals surface area (Å²) in [4.78, 5) is 2.15. The van der Waals surface area contributed by atoms with Crippen LogP contribution in [0.25, 0.3) is 0 Å². The van der Waals surface area contributed by atoms with Crippen LogP contribution in [0.1, 0.15) is 19.8 Å². The van der Waals surface area contributed by atoms with Gasteiger partial charge in [-0.15, -0.1) is 0 Å². The van der Waals surface area contributed by atoms with Crippen molar-refractivity contribution in [2.45, 2.75) is 25.8 Å². The number of nitrogens with zero attached hydrogens (tertiary/aromatic N) is 2. The average Bonchev–Trinajstić information content (AvgIpc) is 1.97. The maximum Gasteiger partial charge on any atom is 0.0622 e. The predicted octanol–water partition coefficient (Wildman–Crippen LogP) is 0.830. The zero-order chi connectivity index (χ0) is 9.40. The molecule has 0 aliphatic carbocycles. The molecule has 1 unspecified atom stereocenters. The molecule has 0 radical (unpaired) electrons. The van der Waals surface area contributed by atoms with Crippen molar-refractivity contribution >= 4 is 0 Å². The Kier molecular flexibility index (Phi) is 6.73. The van der Waals surface area contributed by atoms with Crippen molar-refractivity contribution in [3.63, 3.8) is 0 Å². The number of likely N-dealkylation sites (N-methyl/N-ethyl adjacent to an activating group) is 1. The van der Waals surface area contributed by atoms with Gasteiger partial charge in [0.15, 0.2) is 0 Å². The highest BCUT2D eigenvalue weighted by atomic mass is 15.1. The first-order valence-corrected chi connectivity index (χ1v) is 4.42. The molecule has 0 aromatic carbocycles. The lowest BCUT2D eigenvalue weighted by atomic mass is 10.3. The van der Waals surface area contributed by atoms with Gasteiger partial charge in [0.05, 0.1) is 6.07 Å². The summed E-state index contributed by atoms with van der Waals surface area (Å²) in [6.07, 6.45) is 1.61. The lowest BCUT2D eigenvalue weighted by Gasteiger charge is -2.17. The number of hydrogen-bond donors (Lipinski definition) is 1. The monoisotopic (exact) mass is 169 g/mol. The second kappa shape index (κ2) is 7.08. The molecule has 0 saturated heterocycles. The molecule has 0 fully saturated rings. The first kappa shape index (κ1) is 11.4. The molecule has 1 atom stereocenters. The van der Waals surface area contributed by atoms with Crippen LogP contribution >= 0.6 is 0 Å². The van der Waals surface area contributed by atoms with E-state index in [1.807, 2.05) is 0 Å². The molecule has 0 aliphatic heterocycles. The topological polar surface area (TPSA) is 39.1 Å². The summed E-state index contributed by atoms with van der Waals surface area (Å²) in [5.41, 5.74) is 0. The molecule has 70 valence electrons. The number of hydrogen-bond acceptors (Lipinski definition) is 3. The van der Waals surface area contributed by atoms with E-state index in [0.717, 1.165) is 19.5 Å². The predicted molar refractivity (Wildman–Crippen MR) is 50.9 cm³/mol. The summed E-state index contributed by atoms with van der Waals surface area (Å²) in [6.45, 7) is 4.15. The van der Waals surface area contributed by atoms with Gasteiger partial charge in [0.25, 0.3) is 0 Å². The maximum atomic E-state index is 8.29. The van der Waals surface area contributed by atoms with Crippen molar-refractivity contribution in [1.29, 1.82) is 5.26 Å². The van der Waals surface area contributed by atoms with Crippen LogP contribution in [-0.4, -0.2) is 38.1 Å². The Balaban J connectivity index is 3.20. The molecule has 0 aromatic heterocycles. The lowest BCUT2D eigenvalue weighted by Crippen LogP contribution is -2.36. The Hall–Kier alpha value is -0.590. The van der Waals surface area contributed by atoms with E-state index in [-0.39, 0.29) is 0 Å². The van der Waals surface area contributed by atoms with Gasteiger partial charge in [-0.25, -0.2) is 0 Å². The van der Waals surface area contributed by atoms with Crippen molar-refractivity contribution in [3.05, 3.63) is 0 Å². The van der Waals surface area contributed by atoms with Crippen LogP contribution in [0.5, 0.6) is 0 Å². The van der Waals surface area contributed by atoms with Gasteiger partial charge in [0.1, 0.15) is 0 Å². The highest BCUT2D eigenvalue weighted by molar-refractivity contribution is 4.70. The Bertz CT molecular complexity index is 137. The van der Waals surface area contributed by atoms with E-state index in [9.17, 15) is 0 Å². The Morgan fingerprint density at radius 2 is 2.17 bits per heavy atom. The second-order valence-electron chi connectivity index (χ2n) is 3.38. The smallest absolute Gasteiger partial charge is 0.0622 e. The van der Waals surface area contributed by atoms with E-state index in [0.29, 0.717) is 12.5 Å². The van der Waals surface area contributed by atoms with Crippen LogP contribution in [0.4, 0.5) is 0 Å². The molecule has 0 aromatic rings. The van der Waals surface area contributed by atoms with Crippen LogP contribution in [0, 0.1) is 11.3 Å². The number of rotatable bonds is 6. The quantitative estimate of drug-likeness (QED) is 0.599. The largest absolute Gasteiger partial charge is 0.313 e. The van der Waals surface area contributed by atoms with Gasteiger partial charge in [-0.3, -0.25) is 0 Å². The van der Waals surface area contributed by atoms with E-state index < -0.39 is 0 Å². The fraction of sp³-hybridized carbons (Fsp3) is 0.889. The summed E-state index contributed by atoms with van der Waals surface area (Å²) < 4.78 is 0. The fourth-order valence-corrected chi connectivity index (χ4v) is 1.13. The van der Waals surface area contributed by atoms with Gasteiger partial charge in [-0.2, -0.15) is 5.26 Å². The molecule has 0 amide bonds. The van der Waals surface area contributed by atoms with Gasteiger partial charge < -0.3 is 10.2 Å². The van der Waals surface area contributed by atoms with Crippen LogP contribution in [-0.2, 0) is 0 Å². The lowest BCUT2D eigenvalue weighted by molar-refractivity contribution is 0.349. The van der Waals surface area contributed by atoms with Gasteiger partial charge in [0.2, 0.25) is 0 Å². The molecule has 12 heavy (non-hydrogen) atoms. The van der Waals surface area contributed by atoms with Crippen LogP contribution in [0.2, 0.25) is 0 Å². The third-order valence-electron chi connectivity index (χ3n) is 1.60. The fourth-order valence-electron chi connectivity index (χ4n) is 1.13. The molecule has 1 N–H and O–H groups in total. The number of nitriles is 1. The Morgan fingerprint density at radius 3 is 2.67 bits per heavy atom. The van der Waals surface area contributed by atoms with Gasteiger partial charge in [-0.1, -0.05) is 0 Å². The van der Waals surface area contributed by atoms with Gasteiger partial charge in [0, 0.05) is 19.0 Å². The highest BCUT2D eigenvalue weighted by Gasteiger charge is 2.00. The molecule has 0 rings (SSSR count). The minimum Gasteiger partial charge on any atom is -0.313 e. The highest BCUT2D eigenvalue weighted by Crippen LogP contribution is 1.88. The molecule has 3 nitrogen and oxygen atoms in total. The number of nitrogens with one attached hydrogen (secondary N) is 1. The van der Waals surface area contributed by atoms with E-state index in [2.05, 4.69) is 37.3 Å². The van der Waals surface area contributed by atoms with Crippen molar-refractivity contribution < 1.29 is 0 Å². The summed E-state index contributed by atoms with van der Waals surface area (Å²) in [7, 11) is 4.13. The van der Waals surface area contributed by atoms with Crippen molar-refractivity contribution in [1.82, 2.24) is 10.2 Å². The standard InChI is InChI=1S/C9H19N3/c1-9(8-12(2)3)11-7-5-4-6-10/h9,11H,4-5,7-8H2,1-3H3. The molecule has 0 spiro atoms. The zero-order valence-electron chi connectivity index (χ0n) is 8.30.